The predicted octanol–water partition coefficient (Wildman–Crippen LogP) is 3.75. The van der Waals surface area contributed by atoms with Crippen molar-refractivity contribution < 1.29 is 13.9 Å². The Morgan fingerprint density at radius 1 is 1.26 bits per heavy atom. The van der Waals surface area contributed by atoms with Crippen LogP contribution in [0.1, 0.15) is 5.56 Å². The van der Waals surface area contributed by atoms with Crippen molar-refractivity contribution in [1.29, 1.82) is 0 Å². The molecule has 23 heavy (non-hydrogen) atoms. The molecule has 0 aliphatic rings. The summed E-state index contributed by atoms with van der Waals surface area (Å²) in [5.74, 6) is 0.644. The van der Waals surface area contributed by atoms with Crippen molar-refractivity contribution in [1.82, 2.24) is 15.2 Å². The minimum Gasteiger partial charge on any atom is -0.494 e. The molecular formula is C16H11FN4O2. The van der Waals surface area contributed by atoms with Crippen LogP contribution in [0.25, 0.3) is 22.4 Å². The van der Waals surface area contributed by atoms with E-state index >= 15 is 0 Å². The van der Waals surface area contributed by atoms with Gasteiger partial charge >= 0.3 is 0 Å². The Hall–Kier alpha value is -3.35. The third kappa shape index (κ3) is 2.38. The van der Waals surface area contributed by atoms with Gasteiger partial charge < -0.3 is 14.5 Å². The van der Waals surface area contributed by atoms with E-state index in [1.54, 1.807) is 30.5 Å². The number of halogens is 1. The summed E-state index contributed by atoms with van der Waals surface area (Å²) in [6.45, 7) is 0. The highest BCUT2D eigenvalue weighted by Crippen LogP contribution is 2.27. The third-order valence-electron chi connectivity index (χ3n) is 3.46. The summed E-state index contributed by atoms with van der Waals surface area (Å²) < 4.78 is 18.5. The molecule has 0 atom stereocenters. The molecule has 114 valence electrons. The second kappa shape index (κ2) is 5.13. The number of aromatic nitrogens is 3. The van der Waals surface area contributed by atoms with Crippen LogP contribution in [0, 0.1) is 5.82 Å². The first-order chi connectivity index (χ1) is 11.2. The average Bonchev–Trinajstić information content (AvgIpc) is 3.24. The molecule has 0 aliphatic carbocycles. The largest absolute Gasteiger partial charge is 0.494 e. The number of benzene rings is 1. The zero-order valence-electron chi connectivity index (χ0n) is 11.7. The van der Waals surface area contributed by atoms with Crippen molar-refractivity contribution in [3.8, 4) is 17.3 Å². The van der Waals surface area contributed by atoms with E-state index in [9.17, 15) is 9.50 Å². The van der Waals surface area contributed by atoms with E-state index in [4.69, 9.17) is 4.42 Å². The number of nitrogens with one attached hydrogen (secondary N) is 2. The van der Waals surface area contributed by atoms with Crippen LogP contribution in [-0.4, -0.2) is 26.5 Å². The van der Waals surface area contributed by atoms with Gasteiger partial charge in [-0.25, -0.2) is 9.38 Å². The van der Waals surface area contributed by atoms with Gasteiger partial charge in [-0.15, -0.1) is 0 Å². The molecule has 3 aromatic heterocycles. The molecule has 7 heteroatoms. The Kier molecular flexibility index (Phi) is 2.97. The summed E-state index contributed by atoms with van der Waals surface area (Å²) in [5.41, 5.74) is 1.68. The van der Waals surface area contributed by atoms with E-state index in [0.717, 1.165) is 0 Å². The topological polar surface area (TPSA) is 90.2 Å². The van der Waals surface area contributed by atoms with E-state index < -0.39 is 0 Å². The molecule has 0 unspecified atom stereocenters. The summed E-state index contributed by atoms with van der Waals surface area (Å²) in [6.07, 6.45) is 3.05. The number of aliphatic imine (C=N–C) groups is 1. The first kappa shape index (κ1) is 13.3. The molecule has 4 rings (SSSR count). The summed E-state index contributed by atoms with van der Waals surface area (Å²) in [4.78, 5) is 6.94. The van der Waals surface area contributed by atoms with E-state index in [1.807, 2.05) is 0 Å². The maximum absolute atomic E-state index is 13.2. The van der Waals surface area contributed by atoms with Gasteiger partial charge in [-0.2, -0.15) is 5.10 Å². The molecule has 1 aromatic carbocycles. The summed E-state index contributed by atoms with van der Waals surface area (Å²) in [5, 5.41) is 17.5. The zero-order valence-corrected chi connectivity index (χ0v) is 11.7. The van der Waals surface area contributed by atoms with E-state index in [0.29, 0.717) is 33.7 Å². The highest BCUT2D eigenvalue weighted by molar-refractivity contribution is 6.02. The Morgan fingerprint density at radius 3 is 3.00 bits per heavy atom. The quantitative estimate of drug-likeness (QED) is 0.503. The first-order valence-electron chi connectivity index (χ1n) is 6.84. The number of furan rings is 1. The van der Waals surface area contributed by atoms with Crippen LogP contribution in [0.15, 0.2) is 52.1 Å². The number of rotatable bonds is 3. The fourth-order valence-corrected chi connectivity index (χ4v) is 2.37. The van der Waals surface area contributed by atoms with Crippen LogP contribution in [0.2, 0.25) is 0 Å². The fourth-order valence-electron chi connectivity index (χ4n) is 2.37. The highest BCUT2D eigenvalue weighted by atomic mass is 19.1. The molecule has 3 N–H and O–H groups in total. The van der Waals surface area contributed by atoms with E-state index in [2.05, 4.69) is 20.2 Å². The van der Waals surface area contributed by atoms with Crippen LogP contribution in [0.4, 0.5) is 10.2 Å². The maximum atomic E-state index is 13.2. The summed E-state index contributed by atoms with van der Waals surface area (Å²) in [7, 11) is 0. The van der Waals surface area contributed by atoms with Crippen molar-refractivity contribution in [3.63, 3.8) is 0 Å². The molecule has 0 aliphatic heterocycles. The summed E-state index contributed by atoms with van der Waals surface area (Å²) in [6, 6.07) is 9.54. The molecule has 0 radical (unpaired) electrons. The number of hydrogen-bond donors (Lipinski definition) is 3. The molecule has 0 amide bonds. The second-order valence-corrected chi connectivity index (χ2v) is 4.95. The summed E-state index contributed by atoms with van der Waals surface area (Å²) >= 11 is 0. The van der Waals surface area contributed by atoms with Gasteiger partial charge in [-0.1, -0.05) is 0 Å². The molecular weight excluding hydrogens is 299 g/mol. The standard InChI is InChI=1S/C16H11FN4O2/c17-9-3-4-10-11(16(22)19-12(10)6-9)8-18-15-7-13(20-21-15)14-2-1-5-23-14/h1-8,19,22H,(H,20,21). The Balaban J connectivity index is 1.68. The maximum Gasteiger partial charge on any atom is 0.198 e. The molecule has 0 fully saturated rings. The van der Waals surface area contributed by atoms with Crippen LogP contribution in [-0.2, 0) is 0 Å². The van der Waals surface area contributed by atoms with Gasteiger partial charge in [-0.3, -0.25) is 5.10 Å². The first-order valence-corrected chi connectivity index (χ1v) is 6.84. The van der Waals surface area contributed by atoms with Gasteiger partial charge in [0.2, 0.25) is 0 Å². The van der Waals surface area contributed by atoms with Crippen LogP contribution >= 0.6 is 0 Å². The number of hydrogen-bond acceptors (Lipinski definition) is 4. The molecule has 0 saturated heterocycles. The van der Waals surface area contributed by atoms with Crippen molar-refractivity contribution in [2.45, 2.75) is 0 Å². The number of aromatic hydroxyl groups is 1. The minimum absolute atomic E-state index is 0.0730. The smallest absolute Gasteiger partial charge is 0.198 e. The van der Waals surface area contributed by atoms with E-state index in [1.165, 1.54) is 18.3 Å². The lowest BCUT2D eigenvalue weighted by atomic mass is 10.2. The second-order valence-electron chi connectivity index (χ2n) is 4.95. The van der Waals surface area contributed by atoms with Gasteiger partial charge in [0.15, 0.2) is 17.5 Å². The van der Waals surface area contributed by atoms with Gasteiger partial charge in [0.05, 0.1) is 17.3 Å². The average molecular weight is 310 g/mol. The molecule has 6 nitrogen and oxygen atoms in total. The fraction of sp³-hybridized carbons (Fsp3) is 0. The predicted molar refractivity (Wildman–Crippen MR) is 83.5 cm³/mol. The van der Waals surface area contributed by atoms with Gasteiger partial charge in [0.1, 0.15) is 11.5 Å². The van der Waals surface area contributed by atoms with Crippen LogP contribution < -0.4 is 0 Å². The zero-order chi connectivity index (χ0) is 15.8. The normalized spacial score (nSPS) is 11.7. The lowest BCUT2D eigenvalue weighted by molar-refractivity contribution is 0.457. The number of H-pyrrole nitrogens is 2. The lowest BCUT2D eigenvalue weighted by Gasteiger charge is -1.92. The van der Waals surface area contributed by atoms with Gasteiger partial charge in [0, 0.05) is 17.7 Å². The van der Waals surface area contributed by atoms with Crippen LogP contribution in [0.5, 0.6) is 5.88 Å². The molecule has 0 bridgehead atoms. The number of fused-ring (bicyclic) bond motifs is 1. The molecule has 0 spiro atoms. The lowest BCUT2D eigenvalue weighted by Crippen LogP contribution is -1.79. The SMILES string of the molecule is Oc1[nH]c2cc(F)ccc2c1C=Nc1cc(-c2ccco2)[nH]n1. The Labute approximate surface area is 129 Å². The molecule has 0 saturated carbocycles. The Bertz CT molecular complexity index is 999. The highest BCUT2D eigenvalue weighted by Gasteiger charge is 2.10. The van der Waals surface area contributed by atoms with Crippen molar-refractivity contribution >= 4 is 22.9 Å². The molecule has 3 heterocycles. The van der Waals surface area contributed by atoms with Crippen molar-refractivity contribution in [2.75, 3.05) is 0 Å². The third-order valence-corrected chi connectivity index (χ3v) is 3.46. The Morgan fingerprint density at radius 2 is 2.17 bits per heavy atom. The van der Waals surface area contributed by atoms with Gasteiger partial charge in [0.25, 0.3) is 0 Å². The van der Waals surface area contributed by atoms with Crippen molar-refractivity contribution in [3.05, 3.63) is 54.0 Å². The van der Waals surface area contributed by atoms with Crippen molar-refractivity contribution in [2.24, 2.45) is 4.99 Å². The number of aromatic amines is 2. The molecule has 4 aromatic rings. The van der Waals surface area contributed by atoms with E-state index in [-0.39, 0.29) is 11.7 Å². The van der Waals surface area contributed by atoms with Crippen LogP contribution in [0.3, 0.4) is 0 Å². The monoisotopic (exact) mass is 310 g/mol. The number of nitrogens with zero attached hydrogens (tertiary/aromatic N) is 2. The minimum atomic E-state index is -0.377. The van der Waals surface area contributed by atoms with Gasteiger partial charge in [-0.05, 0) is 30.3 Å².